The highest BCUT2D eigenvalue weighted by Gasteiger charge is 2.22. The molecule has 0 fully saturated rings. The zero-order chi connectivity index (χ0) is 14.4. The van der Waals surface area contributed by atoms with Crippen LogP contribution in [0.4, 0.5) is 0 Å². The van der Waals surface area contributed by atoms with Crippen LogP contribution in [-0.2, 0) is 9.53 Å². The SMILES string of the molecule is COCCN(CC(=O)N(C)C)C(=O)c1ccoc1Br. The van der Waals surface area contributed by atoms with Crippen molar-refractivity contribution >= 4 is 27.7 Å². The number of rotatable bonds is 6. The van der Waals surface area contributed by atoms with Crippen LogP contribution in [0.15, 0.2) is 21.4 Å². The van der Waals surface area contributed by atoms with Crippen molar-refractivity contribution in [3.8, 4) is 0 Å². The first kappa shape index (κ1) is 15.7. The molecule has 0 radical (unpaired) electrons. The normalized spacial score (nSPS) is 10.3. The summed E-state index contributed by atoms with van der Waals surface area (Å²) in [4.78, 5) is 26.9. The third kappa shape index (κ3) is 4.36. The van der Waals surface area contributed by atoms with E-state index in [1.54, 1.807) is 27.3 Å². The predicted molar refractivity (Wildman–Crippen MR) is 72.9 cm³/mol. The first-order valence-corrected chi connectivity index (χ1v) is 6.48. The van der Waals surface area contributed by atoms with Crippen molar-refractivity contribution in [2.45, 2.75) is 0 Å². The molecule has 19 heavy (non-hydrogen) atoms. The number of carbonyl (C=O) groups excluding carboxylic acids is 2. The number of carbonyl (C=O) groups is 2. The van der Waals surface area contributed by atoms with Gasteiger partial charge in [-0.15, -0.1) is 0 Å². The Morgan fingerprint density at radius 2 is 2.11 bits per heavy atom. The van der Waals surface area contributed by atoms with Crippen molar-refractivity contribution in [1.29, 1.82) is 0 Å². The van der Waals surface area contributed by atoms with Crippen molar-refractivity contribution in [2.24, 2.45) is 0 Å². The summed E-state index contributed by atoms with van der Waals surface area (Å²) < 4.78 is 10.4. The van der Waals surface area contributed by atoms with E-state index in [2.05, 4.69) is 15.9 Å². The lowest BCUT2D eigenvalue weighted by Crippen LogP contribution is -2.41. The van der Waals surface area contributed by atoms with Crippen LogP contribution < -0.4 is 0 Å². The minimum atomic E-state index is -0.270. The molecular weight excluding hydrogens is 316 g/mol. The zero-order valence-corrected chi connectivity index (χ0v) is 12.8. The minimum absolute atomic E-state index is 0.00676. The molecule has 0 unspecified atom stereocenters. The van der Waals surface area contributed by atoms with Gasteiger partial charge in [0.25, 0.3) is 5.91 Å². The van der Waals surface area contributed by atoms with Gasteiger partial charge in [0, 0.05) is 27.7 Å². The molecule has 7 heteroatoms. The Morgan fingerprint density at radius 3 is 2.58 bits per heavy atom. The zero-order valence-electron chi connectivity index (χ0n) is 11.2. The molecular formula is C12H17BrN2O4. The number of amides is 2. The Kier molecular flexibility index (Phi) is 6.04. The number of methoxy groups -OCH3 is 1. The van der Waals surface area contributed by atoms with Crippen molar-refractivity contribution < 1.29 is 18.7 Å². The van der Waals surface area contributed by atoms with Crippen molar-refractivity contribution in [3.05, 3.63) is 22.6 Å². The second-order valence-electron chi connectivity index (χ2n) is 4.12. The van der Waals surface area contributed by atoms with Crippen LogP contribution in [-0.4, -0.2) is 62.5 Å². The lowest BCUT2D eigenvalue weighted by atomic mass is 10.3. The second-order valence-corrected chi connectivity index (χ2v) is 4.84. The molecule has 2 amide bonds. The highest BCUT2D eigenvalue weighted by Crippen LogP contribution is 2.19. The molecule has 0 aliphatic heterocycles. The molecule has 0 saturated heterocycles. The third-order valence-electron chi connectivity index (χ3n) is 2.53. The number of likely N-dealkylation sites (N-methyl/N-ethyl adjacent to an activating group) is 1. The largest absolute Gasteiger partial charge is 0.457 e. The summed E-state index contributed by atoms with van der Waals surface area (Å²) in [7, 11) is 4.84. The van der Waals surface area contributed by atoms with Crippen molar-refractivity contribution in [1.82, 2.24) is 9.80 Å². The molecule has 0 saturated carbocycles. The lowest BCUT2D eigenvalue weighted by Gasteiger charge is -2.23. The lowest BCUT2D eigenvalue weighted by molar-refractivity contribution is -0.129. The Labute approximate surface area is 120 Å². The summed E-state index contributed by atoms with van der Waals surface area (Å²) in [6, 6.07) is 1.56. The van der Waals surface area contributed by atoms with Gasteiger partial charge in [0.2, 0.25) is 5.91 Å². The monoisotopic (exact) mass is 332 g/mol. The molecule has 106 valence electrons. The van der Waals surface area contributed by atoms with E-state index >= 15 is 0 Å². The van der Waals surface area contributed by atoms with Gasteiger partial charge in [-0.25, -0.2) is 0 Å². The minimum Gasteiger partial charge on any atom is -0.457 e. The topological polar surface area (TPSA) is 63.0 Å². The van der Waals surface area contributed by atoms with E-state index in [0.29, 0.717) is 23.4 Å². The summed E-state index contributed by atoms with van der Waals surface area (Å²) >= 11 is 3.16. The Hall–Kier alpha value is -1.34. The summed E-state index contributed by atoms with van der Waals surface area (Å²) in [5, 5.41) is 0. The molecule has 1 aromatic heterocycles. The van der Waals surface area contributed by atoms with E-state index < -0.39 is 0 Å². The van der Waals surface area contributed by atoms with E-state index in [0.717, 1.165) is 0 Å². The first-order valence-electron chi connectivity index (χ1n) is 5.68. The Balaban J connectivity index is 2.81. The van der Waals surface area contributed by atoms with Gasteiger partial charge < -0.3 is 19.0 Å². The number of hydrogen-bond acceptors (Lipinski definition) is 4. The average Bonchev–Trinajstić information content (AvgIpc) is 2.79. The molecule has 1 rings (SSSR count). The Bertz CT molecular complexity index is 445. The number of halogens is 1. The highest BCUT2D eigenvalue weighted by molar-refractivity contribution is 9.10. The van der Waals surface area contributed by atoms with E-state index in [1.807, 2.05) is 0 Å². The van der Waals surface area contributed by atoms with E-state index in [4.69, 9.17) is 9.15 Å². The number of furan rings is 1. The molecule has 0 N–H and O–H groups in total. The molecule has 6 nitrogen and oxygen atoms in total. The number of ether oxygens (including phenoxy) is 1. The fraction of sp³-hybridized carbons (Fsp3) is 0.500. The van der Waals surface area contributed by atoms with Crippen LogP contribution in [0.5, 0.6) is 0 Å². The smallest absolute Gasteiger partial charge is 0.258 e. The number of nitrogens with zero attached hydrogens (tertiary/aromatic N) is 2. The third-order valence-corrected chi connectivity index (χ3v) is 3.14. The van der Waals surface area contributed by atoms with Crippen molar-refractivity contribution in [2.75, 3.05) is 40.9 Å². The van der Waals surface area contributed by atoms with Gasteiger partial charge >= 0.3 is 0 Å². The van der Waals surface area contributed by atoms with Crippen LogP contribution in [0.3, 0.4) is 0 Å². The first-order chi connectivity index (χ1) is 8.97. The fourth-order valence-electron chi connectivity index (χ4n) is 1.38. The molecule has 0 aliphatic rings. The van der Waals surface area contributed by atoms with Crippen LogP contribution in [0.1, 0.15) is 10.4 Å². The molecule has 0 spiro atoms. The van der Waals surface area contributed by atoms with Gasteiger partial charge in [-0.05, 0) is 22.0 Å². The average molecular weight is 333 g/mol. The van der Waals surface area contributed by atoms with Gasteiger partial charge in [0.15, 0.2) is 4.67 Å². The predicted octanol–water partition coefficient (Wildman–Crippen LogP) is 1.22. The summed E-state index contributed by atoms with van der Waals surface area (Å²) in [6.07, 6.45) is 1.42. The van der Waals surface area contributed by atoms with Gasteiger partial charge in [0.05, 0.1) is 18.4 Å². The maximum absolute atomic E-state index is 12.3. The van der Waals surface area contributed by atoms with E-state index in [9.17, 15) is 9.59 Å². The maximum atomic E-state index is 12.3. The van der Waals surface area contributed by atoms with Gasteiger partial charge in [-0.3, -0.25) is 9.59 Å². The van der Waals surface area contributed by atoms with Crippen molar-refractivity contribution in [3.63, 3.8) is 0 Å². The molecule has 0 atom stereocenters. The summed E-state index contributed by atoms with van der Waals surface area (Å²) in [5.41, 5.74) is 0.391. The van der Waals surface area contributed by atoms with Gasteiger partial charge in [-0.1, -0.05) is 0 Å². The molecule has 0 aromatic carbocycles. The van der Waals surface area contributed by atoms with Crippen LogP contribution in [0, 0.1) is 0 Å². The van der Waals surface area contributed by atoms with Crippen LogP contribution in [0.25, 0.3) is 0 Å². The van der Waals surface area contributed by atoms with E-state index in [1.165, 1.54) is 16.1 Å². The molecule has 1 aromatic rings. The summed E-state index contributed by atoms with van der Waals surface area (Å²) in [5.74, 6) is -0.419. The standard InChI is InChI=1S/C12H17BrN2O4/c1-14(2)10(16)8-15(5-7-18-3)12(17)9-4-6-19-11(9)13/h4,6H,5,7-8H2,1-3H3. The van der Waals surface area contributed by atoms with Gasteiger partial charge in [-0.2, -0.15) is 0 Å². The number of hydrogen-bond donors (Lipinski definition) is 0. The summed E-state index contributed by atoms with van der Waals surface area (Å²) in [6.45, 7) is 0.710. The molecule has 0 bridgehead atoms. The van der Waals surface area contributed by atoms with Crippen LogP contribution in [0.2, 0.25) is 0 Å². The highest BCUT2D eigenvalue weighted by atomic mass is 79.9. The fourth-order valence-corrected chi connectivity index (χ4v) is 1.78. The molecule has 1 heterocycles. The van der Waals surface area contributed by atoms with Crippen LogP contribution >= 0.6 is 15.9 Å². The quantitative estimate of drug-likeness (QED) is 0.785. The second kappa shape index (κ2) is 7.30. The maximum Gasteiger partial charge on any atom is 0.258 e. The van der Waals surface area contributed by atoms with E-state index in [-0.39, 0.29) is 18.4 Å². The van der Waals surface area contributed by atoms with Gasteiger partial charge in [0.1, 0.15) is 6.54 Å². The molecule has 0 aliphatic carbocycles. The Morgan fingerprint density at radius 1 is 1.42 bits per heavy atom.